The molecule has 0 aliphatic rings. The first kappa shape index (κ1) is 21.7. The van der Waals surface area contributed by atoms with Gasteiger partial charge in [0.15, 0.2) is 11.5 Å². The van der Waals surface area contributed by atoms with Gasteiger partial charge in [-0.2, -0.15) is 4.52 Å². The maximum Gasteiger partial charge on any atom is 0.240 e. The van der Waals surface area contributed by atoms with Crippen LogP contribution in [0.1, 0.15) is 11.1 Å². The zero-order chi connectivity index (χ0) is 22.7. The minimum absolute atomic E-state index is 0.100. The molecule has 0 amide bonds. The topological polar surface area (TPSA) is 108 Å². The SMILES string of the molecule is COc1ccc(-c2nnc3ccc(OCCNS(=O)(=O)c4cc(C)ccc4C)nn23)cc1. The van der Waals surface area contributed by atoms with Crippen molar-refractivity contribution in [1.29, 1.82) is 0 Å². The number of hydrogen-bond donors (Lipinski definition) is 1. The molecule has 2 aromatic carbocycles. The second kappa shape index (κ2) is 8.93. The summed E-state index contributed by atoms with van der Waals surface area (Å²) in [4.78, 5) is 0.269. The highest BCUT2D eigenvalue weighted by atomic mass is 32.2. The van der Waals surface area contributed by atoms with Gasteiger partial charge in [0.2, 0.25) is 15.9 Å². The number of ether oxygens (including phenoxy) is 2. The summed E-state index contributed by atoms with van der Waals surface area (Å²) < 4.78 is 40.2. The van der Waals surface area contributed by atoms with E-state index in [4.69, 9.17) is 9.47 Å². The molecule has 4 rings (SSSR count). The van der Waals surface area contributed by atoms with E-state index >= 15 is 0 Å². The Bertz CT molecular complexity index is 1350. The van der Waals surface area contributed by atoms with Crippen LogP contribution in [0, 0.1) is 13.8 Å². The zero-order valence-electron chi connectivity index (χ0n) is 17.9. The number of nitrogens with one attached hydrogen (secondary N) is 1. The van der Waals surface area contributed by atoms with Crippen LogP contribution in [-0.4, -0.2) is 48.5 Å². The van der Waals surface area contributed by atoms with Crippen LogP contribution in [0.5, 0.6) is 11.6 Å². The fraction of sp³-hybridized carbons (Fsp3) is 0.227. The largest absolute Gasteiger partial charge is 0.497 e. The van der Waals surface area contributed by atoms with Crippen LogP contribution in [-0.2, 0) is 10.0 Å². The fourth-order valence-corrected chi connectivity index (χ4v) is 4.52. The predicted molar refractivity (Wildman–Crippen MR) is 119 cm³/mol. The molecular formula is C22H23N5O4S. The Hall–Kier alpha value is -3.50. The molecule has 0 atom stereocenters. The third-order valence-electron chi connectivity index (χ3n) is 4.86. The predicted octanol–water partition coefficient (Wildman–Crippen LogP) is 2.77. The molecule has 0 aliphatic carbocycles. The molecule has 0 bridgehead atoms. The van der Waals surface area contributed by atoms with Gasteiger partial charge < -0.3 is 9.47 Å². The lowest BCUT2D eigenvalue weighted by Crippen LogP contribution is -2.29. The number of sulfonamides is 1. The number of methoxy groups -OCH3 is 1. The molecule has 10 heteroatoms. The molecule has 0 aliphatic heterocycles. The zero-order valence-corrected chi connectivity index (χ0v) is 18.8. The van der Waals surface area contributed by atoms with Crippen molar-refractivity contribution in [2.45, 2.75) is 18.7 Å². The molecule has 2 heterocycles. The van der Waals surface area contributed by atoms with Crippen LogP contribution in [0.3, 0.4) is 0 Å². The Morgan fingerprint density at radius 3 is 2.53 bits per heavy atom. The second-order valence-corrected chi connectivity index (χ2v) is 8.94. The van der Waals surface area contributed by atoms with Gasteiger partial charge in [0.25, 0.3) is 0 Å². The van der Waals surface area contributed by atoms with E-state index in [1.807, 2.05) is 37.3 Å². The summed E-state index contributed by atoms with van der Waals surface area (Å²) in [5.41, 5.74) is 2.96. The van der Waals surface area contributed by atoms with Crippen molar-refractivity contribution in [3.05, 3.63) is 65.7 Å². The third kappa shape index (κ3) is 4.56. The smallest absolute Gasteiger partial charge is 0.240 e. The van der Waals surface area contributed by atoms with Crippen molar-refractivity contribution in [2.24, 2.45) is 0 Å². The van der Waals surface area contributed by atoms with Crippen molar-refractivity contribution >= 4 is 15.7 Å². The van der Waals surface area contributed by atoms with Crippen LogP contribution >= 0.6 is 0 Å². The number of aryl methyl sites for hydroxylation is 2. The van der Waals surface area contributed by atoms with Gasteiger partial charge in [-0.1, -0.05) is 12.1 Å². The lowest BCUT2D eigenvalue weighted by molar-refractivity contribution is 0.306. The molecule has 0 radical (unpaired) electrons. The molecule has 0 saturated carbocycles. The number of hydrogen-bond acceptors (Lipinski definition) is 7. The molecule has 1 N–H and O–H groups in total. The highest BCUT2D eigenvalue weighted by Gasteiger charge is 2.16. The van der Waals surface area contributed by atoms with Crippen molar-refractivity contribution in [3.8, 4) is 23.0 Å². The number of aromatic nitrogens is 4. The summed E-state index contributed by atoms with van der Waals surface area (Å²) in [6.07, 6.45) is 0. The average Bonchev–Trinajstić information content (AvgIpc) is 3.21. The first-order valence-corrected chi connectivity index (χ1v) is 11.4. The van der Waals surface area contributed by atoms with Crippen molar-refractivity contribution in [3.63, 3.8) is 0 Å². The molecule has 2 aromatic heterocycles. The van der Waals surface area contributed by atoms with Gasteiger partial charge in [0, 0.05) is 18.2 Å². The van der Waals surface area contributed by atoms with Gasteiger partial charge in [0.05, 0.1) is 12.0 Å². The molecule has 9 nitrogen and oxygen atoms in total. The second-order valence-electron chi connectivity index (χ2n) is 7.21. The first-order valence-electron chi connectivity index (χ1n) is 9.94. The molecule has 32 heavy (non-hydrogen) atoms. The minimum atomic E-state index is -3.63. The molecule has 0 fully saturated rings. The lowest BCUT2D eigenvalue weighted by Gasteiger charge is -2.11. The van der Waals surface area contributed by atoms with E-state index in [1.165, 1.54) is 0 Å². The van der Waals surface area contributed by atoms with Crippen molar-refractivity contribution in [2.75, 3.05) is 20.3 Å². The van der Waals surface area contributed by atoms with Gasteiger partial charge in [-0.15, -0.1) is 15.3 Å². The average molecular weight is 454 g/mol. The van der Waals surface area contributed by atoms with Gasteiger partial charge in [0.1, 0.15) is 12.4 Å². The van der Waals surface area contributed by atoms with Crippen LogP contribution in [0.15, 0.2) is 59.5 Å². The maximum atomic E-state index is 12.6. The minimum Gasteiger partial charge on any atom is -0.497 e. The summed E-state index contributed by atoms with van der Waals surface area (Å²) >= 11 is 0. The summed E-state index contributed by atoms with van der Waals surface area (Å²) in [5, 5.41) is 12.8. The standard InChI is InChI=1S/C22H23N5O4S/c1-15-4-5-16(2)19(14-15)32(28,29)23-12-13-31-21-11-10-20-24-25-22(27(20)26-21)17-6-8-18(30-3)9-7-17/h4-11,14,23H,12-13H2,1-3H3. The molecule has 0 saturated heterocycles. The van der Waals surface area contributed by atoms with Crippen LogP contribution in [0.2, 0.25) is 0 Å². The summed E-state index contributed by atoms with van der Waals surface area (Å²) in [6, 6.07) is 16.1. The summed E-state index contributed by atoms with van der Waals surface area (Å²) in [7, 11) is -2.02. The van der Waals surface area contributed by atoms with Gasteiger partial charge in [-0.3, -0.25) is 0 Å². The van der Waals surface area contributed by atoms with Gasteiger partial charge in [-0.05, 0) is 61.4 Å². The number of benzene rings is 2. The monoisotopic (exact) mass is 453 g/mol. The van der Waals surface area contributed by atoms with Crippen molar-refractivity contribution < 1.29 is 17.9 Å². The Labute approximate surface area is 186 Å². The molecule has 166 valence electrons. The highest BCUT2D eigenvalue weighted by Crippen LogP contribution is 2.22. The molecule has 0 unspecified atom stereocenters. The Morgan fingerprint density at radius 2 is 1.78 bits per heavy atom. The van der Waals surface area contributed by atoms with E-state index in [0.717, 1.165) is 16.9 Å². The third-order valence-corrected chi connectivity index (χ3v) is 6.47. The van der Waals surface area contributed by atoms with E-state index < -0.39 is 10.0 Å². The first-order chi connectivity index (χ1) is 15.4. The van der Waals surface area contributed by atoms with E-state index in [2.05, 4.69) is 20.0 Å². The number of nitrogens with zero attached hydrogens (tertiary/aromatic N) is 4. The van der Waals surface area contributed by atoms with Gasteiger partial charge in [-0.25, -0.2) is 13.1 Å². The summed E-state index contributed by atoms with van der Waals surface area (Å²) in [6.45, 7) is 3.84. The van der Waals surface area contributed by atoms with E-state index in [1.54, 1.807) is 42.8 Å². The highest BCUT2D eigenvalue weighted by molar-refractivity contribution is 7.89. The van der Waals surface area contributed by atoms with E-state index in [-0.39, 0.29) is 18.0 Å². The van der Waals surface area contributed by atoms with Crippen LogP contribution in [0.4, 0.5) is 0 Å². The van der Waals surface area contributed by atoms with Crippen LogP contribution in [0.25, 0.3) is 17.0 Å². The maximum absolute atomic E-state index is 12.6. The normalized spacial score (nSPS) is 11.6. The lowest BCUT2D eigenvalue weighted by atomic mass is 10.2. The molecule has 0 spiro atoms. The molecular weight excluding hydrogens is 430 g/mol. The number of rotatable bonds is 8. The summed E-state index contributed by atoms with van der Waals surface area (Å²) in [5.74, 6) is 1.63. The number of fused-ring (bicyclic) bond motifs is 1. The van der Waals surface area contributed by atoms with Gasteiger partial charge >= 0.3 is 0 Å². The Kier molecular flexibility index (Phi) is 6.06. The molecule has 4 aromatic rings. The Balaban J connectivity index is 1.44. The Morgan fingerprint density at radius 1 is 1.00 bits per heavy atom. The van der Waals surface area contributed by atoms with Crippen molar-refractivity contribution in [1.82, 2.24) is 24.5 Å². The fourth-order valence-electron chi connectivity index (χ4n) is 3.18. The van der Waals surface area contributed by atoms with Crippen LogP contribution < -0.4 is 14.2 Å². The quantitative estimate of drug-likeness (QED) is 0.409. The van der Waals surface area contributed by atoms with E-state index in [9.17, 15) is 8.42 Å². The van der Waals surface area contributed by atoms with E-state index in [0.29, 0.717) is 22.9 Å².